The number of amides is 1. The maximum Gasteiger partial charge on any atom is 0.332 e. The molecule has 1 atom stereocenters. The Kier molecular flexibility index (Phi) is 9.39. The minimum absolute atomic E-state index is 0.0119. The molecule has 1 fully saturated rings. The lowest BCUT2D eigenvalue weighted by Crippen LogP contribution is -2.74. The third-order valence-corrected chi connectivity index (χ3v) is 8.61. The second kappa shape index (κ2) is 12.4. The van der Waals surface area contributed by atoms with Gasteiger partial charge in [0.05, 0.1) is 17.2 Å². The monoisotopic (exact) mass is 609 g/mol. The van der Waals surface area contributed by atoms with Crippen molar-refractivity contribution in [1.29, 1.82) is 5.26 Å². The van der Waals surface area contributed by atoms with Gasteiger partial charge in [0.15, 0.2) is 0 Å². The summed E-state index contributed by atoms with van der Waals surface area (Å²) >= 11 is 6.25. The molecule has 1 unspecified atom stereocenters. The molecule has 1 saturated carbocycles. The molecule has 232 valence electrons. The number of hydrogen-bond donors (Lipinski definition) is 1. The van der Waals surface area contributed by atoms with Crippen molar-refractivity contribution in [2.24, 2.45) is 10.8 Å². The largest absolute Gasteiger partial charge is 0.489 e. The van der Waals surface area contributed by atoms with Crippen LogP contribution in [0.4, 0.5) is 5.69 Å². The van der Waals surface area contributed by atoms with Crippen molar-refractivity contribution >= 4 is 29.2 Å². The Labute approximate surface area is 260 Å². The maximum atomic E-state index is 13.8. The number of esters is 1. The van der Waals surface area contributed by atoms with E-state index in [0.717, 1.165) is 24.1 Å². The first-order valence-electron chi connectivity index (χ1n) is 14.9. The fraction of sp³-hybridized carbons (Fsp3) is 0.559. The molecule has 0 radical (unpaired) electrons. The van der Waals surface area contributed by atoms with Crippen molar-refractivity contribution in [3.8, 4) is 11.8 Å². The molecule has 1 N–H and O–H groups in total. The Bertz CT molecular complexity index is 1390. The van der Waals surface area contributed by atoms with Crippen molar-refractivity contribution in [3.05, 3.63) is 58.1 Å². The van der Waals surface area contributed by atoms with Gasteiger partial charge in [-0.15, -0.1) is 0 Å². The van der Waals surface area contributed by atoms with E-state index < -0.39 is 5.60 Å². The van der Waals surface area contributed by atoms with Gasteiger partial charge >= 0.3 is 5.97 Å². The maximum absolute atomic E-state index is 13.8. The zero-order chi connectivity index (χ0) is 31.7. The number of hydrogen-bond acceptors (Lipinski definition) is 7. The summed E-state index contributed by atoms with van der Waals surface area (Å²) in [6, 6.07) is 13.1. The van der Waals surface area contributed by atoms with Crippen LogP contribution < -0.4 is 10.1 Å². The highest BCUT2D eigenvalue weighted by Crippen LogP contribution is 2.59. The Morgan fingerprint density at radius 3 is 2.47 bits per heavy atom. The molecule has 2 aromatic carbocycles. The molecule has 1 amide bonds. The van der Waals surface area contributed by atoms with Gasteiger partial charge in [-0.2, -0.15) is 5.26 Å². The zero-order valence-corrected chi connectivity index (χ0v) is 27.3. The Hall–Kier alpha value is -3.28. The highest BCUT2D eigenvalue weighted by Gasteiger charge is 2.67. The molecule has 1 aliphatic heterocycles. The van der Waals surface area contributed by atoms with E-state index in [1.165, 1.54) is 0 Å². The SMILES string of the molecule is CCCC(COCC(=O)OC(C)(C)C)Nc1ccc2c(c1)C(=O)N([C@H]1C(C)(C)[C@H](Oc3ccc(C#N)c(Cl)c3)C1(C)C)C2. The number of anilines is 1. The van der Waals surface area contributed by atoms with E-state index in [1.807, 2.05) is 43.9 Å². The van der Waals surface area contributed by atoms with Gasteiger partial charge in [-0.05, 0) is 57.0 Å². The van der Waals surface area contributed by atoms with Crippen LogP contribution in [0.15, 0.2) is 36.4 Å². The first-order chi connectivity index (χ1) is 20.1. The third kappa shape index (κ3) is 6.94. The Morgan fingerprint density at radius 1 is 1.16 bits per heavy atom. The van der Waals surface area contributed by atoms with Crippen LogP contribution in [0.5, 0.6) is 5.75 Å². The first-order valence-corrected chi connectivity index (χ1v) is 15.3. The number of fused-ring (bicyclic) bond motifs is 1. The molecule has 0 aromatic heterocycles. The smallest absolute Gasteiger partial charge is 0.332 e. The number of rotatable bonds is 11. The molecule has 9 heteroatoms. The first kappa shape index (κ1) is 32.6. The number of halogens is 1. The number of nitriles is 1. The second-order valence-electron chi connectivity index (χ2n) is 13.8. The van der Waals surface area contributed by atoms with Gasteiger partial charge in [-0.3, -0.25) is 4.79 Å². The minimum Gasteiger partial charge on any atom is -0.489 e. The number of carbonyl (C=O) groups excluding carboxylic acids is 2. The molecule has 1 heterocycles. The predicted molar refractivity (Wildman–Crippen MR) is 167 cm³/mol. The van der Waals surface area contributed by atoms with Gasteiger partial charge in [0.2, 0.25) is 0 Å². The lowest BCUT2D eigenvalue weighted by atomic mass is 9.49. The standard InChI is InChI=1S/C34H44ClN3O5/c1-9-10-24(19-41-20-28(39)43-32(2,3)4)37-23-13-11-22-18-38(29(40)26(22)15-23)30-33(5,6)31(34(30,7)8)42-25-14-12-21(17-36)27(35)16-25/h11-16,24,30-31,37H,9-10,18-20H2,1-8H3/t24?,30-,31-. The van der Waals surface area contributed by atoms with Crippen molar-refractivity contribution < 1.29 is 23.8 Å². The number of nitrogens with zero attached hydrogens (tertiary/aromatic N) is 2. The fourth-order valence-electron chi connectivity index (χ4n) is 7.07. The average molecular weight is 610 g/mol. The van der Waals surface area contributed by atoms with Crippen molar-refractivity contribution in [1.82, 2.24) is 4.90 Å². The second-order valence-corrected chi connectivity index (χ2v) is 14.2. The van der Waals surface area contributed by atoms with Crippen molar-refractivity contribution in [2.75, 3.05) is 18.5 Å². The molecule has 2 aliphatic rings. The van der Waals surface area contributed by atoms with Gasteiger partial charge in [0, 0.05) is 46.8 Å². The van der Waals surface area contributed by atoms with Crippen molar-refractivity contribution in [2.45, 2.75) is 98.6 Å². The van der Waals surface area contributed by atoms with Crippen LogP contribution in [0.25, 0.3) is 0 Å². The van der Waals surface area contributed by atoms with E-state index in [0.29, 0.717) is 35.1 Å². The summed E-state index contributed by atoms with van der Waals surface area (Å²) in [4.78, 5) is 27.9. The van der Waals surface area contributed by atoms with E-state index in [-0.39, 0.29) is 47.5 Å². The van der Waals surface area contributed by atoms with E-state index in [4.69, 9.17) is 25.8 Å². The quantitative estimate of drug-likeness (QED) is 0.274. The molecule has 1 aliphatic carbocycles. The number of ether oxygens (including phenoxy) is 3. The number of carbonyl (C=O) groups is 2. The summed E-state index contributed by atoms with van der Waals surface area (Å²) in [5, 5.41) is 13.1. The minimum atomic E-state index is -0.552. The highest BCUT2D eigenvalue weighted by molar-refractivity contribution is 6.31. The highest BCUT2D eigenvalue weighted by atomic mass is 35.5. The number of nitrogens with one attached hydrogen (secondary N) is 1. The molecular formula is C34H44ClN3O5. The summed E-state index contributed by atoms with van der Waals surface area (Å²) in [5.41, 5.74) is 1.73. The topological polar surface area (TPSA) is 101 Å². The van der Waals surface area contributed by atoms with Gasteiger partial charge in [-0.1, -0.05) is 58.7 Å². The van der Waals surface area contributed by atoms with Crippen LogP contribution in [0, 0.1) is 22.2 Å². The predicted octanol–water partition coefficient (Wildman–Crippen LogP) is 6.99. The van der Waals surface area contributed by atoms with Crippen LogP contribution >= 0.6 is 11.6 Å². The van der Waals surface area contributed by atoms with E-state index in [9.17, 15) is 14.9 Å². The van der Waals surface area contributed by atoms with Gasteiger partial charge in [-0.25, -0.2) is 4.79 Å². The van der Waals surface area contributed by atoms with Gasteiger partial charge in [0.25, 0.3) is 5.91 Å². The van der Waals surface area contributed by atoms with Crippen LogP contribution in [0.1, 0.15) is 89.7 Å². The summed E-state index contributed by atoms with van der Waals surface area (Å²) in [6.45, 7) is 16.9. The van der Waals surface area contributed by atoms with E-state index in [1.54, 1.807) is 18.2 Å². The molecule has 0 bridgehead atoms. The van der Waals surface area contributed by atoms with Crippen molar-refractivity contribution in [3.63, 3.8) is 0 Å². The Morgan fingerprint density at radius 2 is 1.86 bits per heavy atom. The molecular weight excluding hydrogens is 566 g/mol. The van der Waals surface area contributed by atoms with Crippen LogP contribution in [0.3, 0.4) is 0 Å². The summed E-state index contributed by atoms with van der Waals surface area (Å²) in [6.07, 6.45) is 1.62. The summed E-state index contributed by atoms with van der Waals surface area (Å²) in [5.74, 6) is 0.232. The third-order valence-electron chi connectivity index (χ3n) is 8.30. The lowest BCUT2D eigenvalue weighted by molar-refractivity contribution is -0.199. The average Bonchev–Trinajstić information content (AvgIpc) is 3.20. The molecule has 4 rings (SSSR count). The molecule has 0 saturated heterocycles. The van der Waals surface area contributed by atoms with Crippen LogP contribution in [-0.4, -0.2) is 53.8 Å². The van der Waals surface area contributed by atoms with Gasteiger partial charge < -0.3 is 24.4 Å². The molecule has 2 aromatic rings. The zero-order valence-electron chi connectivity index (χ0n) is 26.5. The Balaban J connectivity index is 1.43. The summed E-state index contributed by atoms with van der Waals surface area (Å²) in [7, 11) is 0. The van der Waals surface area contributed by atoms with Crippen LogP contribution in [-0.2, 0) is 20.8 Å². The fourth-order valence-corrected chi connectivity index (χ4v) is 7.28. The molecule has 8 nitrogen and oxygen atoms in total. The van der Waals surface area contributed by atoms with E-state index >= 15 is 0 Å². The molecule has 0 spiro atoms. The molecule has 43 heavy (non-hydrogen) atoms. The lowest BCUT2D eigenvalue weighted by Gasteiger charge is -2.65. The van der Waals surface area contributed by atoms with E-state index in [2.05, 4.69) is 46.0 Å². The number of benzene rings is 2. The normalized spacial score (nSPS) is 20.9. The van der Waals surface area contributed by atoms with Gasteiger partial charge in [0.1, 0.15) is 30.1 Å². The summed E-state index contributed by atoms with van der Waals surface area (Å²) < 4.78 is 17.5. The van der Waals surface area contributed by atoms with Crippen LogP contribution in [0.2, 0.25) is 5.02 Å².